The van der Waals surface area contributed by atoms with E-state index in [-0.39, 0.29) is 0 Å². The highest BCUT2D eigenvalue weighted by Gasteiger charge is 2.40. The van der Waals surface area contributed by atoms with E-state index in [1.165, 1.54) is 12.3 Å². The van der Waals surface area contributed by atoms with Gasteiger partial charge < -0.3 is 0 Å². The number of benzene rings is 1. The van der Waals surface area contributed by atoms with Crippen molar-refractivity contribution in [1.29, 1.82) is 0 Å². The van der Waals surface area contributed by atoms with Crippen LogP contribution in [0, 0.1) is 10.1 Å². The summed E-state index contributed by atoms with van der Waals surface area (Å²) in [6.07, 6.45) is 2.98. The predicted octanol–water partition coefficient (Wildman–Crippen LogP) is 3.24. The van der Waals surface area contributed by atoms with Crippen molar-refractivity contribution in [2.45, 2.75) is 4.57 Å². The van der Waals surface area contributed by atoms with Crippen LogP contribution in [-0.2, 0) is 0 Å². The molecule has 82 valence electrons. The Morgan fingerprint density at radius 3 is 2.62 bits per heavy atom. The third-order valence-electron chi connectivity index (χ3n) is 2.16. The lowest BCUT2D eigenvalue weighted by molar-refractivity contribution is -0.518. The Labute approximate surface area is 108 Å². The van der Waals surface area contributed by atoms with Crippen molar-refractivity contribution in [1.82, 2.24) is 0 Å². The Morgan fingerprint density at radius 1 is 1.38 bits per heavy atom. The van der Waals surface area contributed by atoms with Crippen molar-refractivity contribution >= 4 is 43.6 Å². The normalized spacial score (nSPS) is 23.2. The SMILES string of the molecule is O=[N+]([O-])C1(Br)C=C(c2ccccc2Br)C=N1. The van der Waals surface area contributed by atoms with E-state index >= 15 is 0 Å². The predicted molar refractivity (Wildman–Crippen MR) is 69.3 cm³/mol. The maximum Gasteiger partial charge on any atom is 0.387 e. The van der Waals surface area contributed by atoms with Gasteiger partial charge in [0, 0.05) is 38.3 Å². The first-order valence-corrected chi connectivity index (χ1v) is 5.98. The van der Waals surface area contributed by atoms with Crippen molar-refractivity contribution in [2.24, 2.45) is 4.99 Å². The number of aliphatic imine (C=N–C) groups is 1. The molecule has 0 spiro atoms. The molecule has 1 heterocycles. The highest BCUT2D eigenvalue weighted by molar-refractivity contribution is 9.10. The van der Waals surface area contributed by atoms with Gasteiger partial charge in [-0.25, -0.2) is 4.99 Å². The molecule has 0 aromatic heterocycles. The standard InChI is InChI=1S/C10H6Br2N2O2/c11-9-4-2-1-3-8(9)7-5-10(12,13-6-7)14(15)16/h1-6H. The lowest BCUT2D eigenvalue weighted by Gasteiger charge is -2.05. The molecule has 1 aliphatic rings. The van der Waals surface area contributed by atoms with Gasteiger partial charge in [0.2, 0.25) is 0 Å². The van der Waals surface area contributed by atoms with Crippen LogP contribution in [0.4, 0.5) is 0 Å². The Kier molecular flexibility index (Phi) is 2.94. The van der Waals surface area contributed by atoms with Crippen molar-refractivity contribution in [2.75, 3.05) is 0 Å². The average molecular weight is 346 g/mol. The fourth-order valence-electron chi connectivity index (χ4n) is 1.37. The number of allylic oxidation sites excluding steroid dienone is 1. The third-order valence-corrected chi connectivity index (χ3v) is 3.58. The first kappa shape index (κ1) is 11.5. The van der Waals surface area contributed by atoms with Gasteiger partial charge in [-0.15, -0.1) is 0 Å². The first-order chi connectivity index (χ1) is 7.53. The number of alkyl halides is 1. The van der Waals surface area contributed by atoms with Gasteiger partial charge >= 0.3 is 4.57 Å². The summed E-state index contributed by atoms with van der Waals surface area (Å²) in [5, 5.41) is 10.8. The van der Waals surface area contributed by atoms with Gasteiger partial charge in [-0.1, -0.05) is 34.1 Å². The van der Waals surface area contributed by atoms with Gasteiger partial charge in [0.15, 0.2) is 0 Å². The summed E-state index contributed by atoms with van der Waals surface area (Å²) in [6, 6.07) is 7.51. The lowest BCUT2D eigenvalue weighted by Crippen LogP contribution is -2.23. The molecule has 2 rings (SSSR count). The summed E-state index contributed by atoms with van der Waals surface area (Å²) in [4.78, 5) is 14.1. The second kappa shape index (κ2) is 4.10. The topological polar surface area (TPSA) is 55.5 Å². The fourth-order valence-corrected chi connectivity index (χ4v) is 2.24. The van der Waals surface area contributed by atoms with E-state index in [0.717, 1.165) is 15.6 Å². The molecule has 0 bridgehead atoms. The van der Waals surface area contributed by atoms with Crippen LogP contribution in [0.2, 0.25) is 0 Å². The number of hydrogen-bond acceptors (Lipinski definition) is 3. The van der Waals surface area contributed by atoms with E-state index in [1.54, 1.807) is 0 Å². The molecule has 0 fully saturated rings. The summed E-state index contributed by atoms with van der Waals surface area (Å²) < 4.78 is -0.634. The molecule has 1 aromatic rings. The van der Waals surface area contributed by atoms with Crippen LogP contribution >= 0.6 is 31.9 Å². The maximum atomic E-state index is 10.8. The molecule has 0 saturated heterocycles. The molecule has 0 N–H and O–H groups in total. The number of hydrogen-bond donors (Lipinski definition) is 0. The molecule has 16 heavy (non-hydrogen) atoms. The molecular weight excluding hydrogens is 340 g/mol. The molecule has 6 heteroatoms. The van der Waals surface area contributed by atoms with Gasteiger partial charge in [0.25, 0.3) is 0 Å². The van der Waals surface area contributed by atoms with E-state index in [4.69, 9.17) is 0 Å². The van der Waals surface area contributed by atoms with Crippen LogP contribution in [-0.4, -0.2) is 15.7 Å². The first-order valence-electron chi connectivity index (χ1n) is 4.39. The maximum absolute atomic E-state index is 10.8. The molecular formula is C10H6Br2N2O2. The van der Waals surface area contributed by atoms with Crippen molar-refractivity contribution in [3.8, 4) is 0 Å². The molecule has 1 aliphatic heterocycles. The molecule has 0 radical (unpaired) electrons. The van der Waals surface area contributed by atoms with E-state index in [1.807, 2.05) is 24.3 Å². The quantitative estimate of drug-likeness (QED) is 0.357. The largest absolute Gasteiger partial charge is 0.387 e. The van der Waals surface area contributed by atoms with Gasteiger partial charge in [-0.2, -0.15) is 0 Å². The summed E-state index contributed by atoms with van der Waals surface area (Å²) in [5.74, 6) is 0. The van der Waals surface area contributed by atoms with Crippen LogP contribution in [0.25, 0.3) is 5.57 Å². The Bertz CT molecular complexity index is 513. The third kappa shape index (κ3) is 1.94. The summed E-state index contributed by atoms with van der Waals surface area (Å²) >= 11 is 6.38. The zero-order chi connectivity index (χ0) is 11.8. The van der Waals surface area contributed by atoms with Crippen LogP contribution in [0.3, 0.4) is 0 Å². The number of rotatable bonds is 2. The monoisotopic (exact) mass is 344 g/mol. The molecule has 0 aliphatic carbocycles. The van der Waals surface area contributed by atoms with E-state index in [0.29, 0.717) is 0 Å². The number of nitro groups is 1. The Morgan fingerprint density at radius 2 is 2.06 bits per heavy atom. The summed E-state index contributed by atoms with van der Waals surface area (Å²) in [7, 11) is 0. The van der Waals surface area contributed by atoms with Crippen molar-refractivity contribution < 1.29 is 4.92 Å². The minimum Gasteiger partial charge on any atom is -0.261 e. The van der Waals surface area contributed by atoms with Crippen LogP contribution in [0.1, 0.15) is 5.56 Å². The van der Waals surface area contributed by atoms with Crippen LogP contribution < -0.4 is 0 Å². The van der Waals surface area contributed by atoms with Crippen molar-refractivity contribution in [3.63, 3.8) is 0 Å². The minimum atomic E-state index is -1.52. The van der Waals surface area contributed by atoms with Gasteiger partial charge in [-0.3, -0.25) is 10.1 Å². The van der Waals surface area contributed by atoms with E-state index in [2.05, 4.69) is 36.9 Å². The molecule has 1 atom stereocenters. The highest BCUT2D eigenvalue weighted by atomic mass is 79.9. The smallest absolute Gasteiger partial charge is 0.261 e. The zero-order valence-corrected chi connectivity index (χ0v) is 11.1. The fraction of sp³-hybridized carbons (Fsp3) is 0.100. The Balaban J connectivity index is 2.44. The second-order valence-electron chi connectivity index (χ2n) is 3.23. The average Bonchev–Trinajstić information content (AvgIpc) is 2.63. The van der Waals surface area contributed by atoms with Gasteiger partial charge in [0.1, 0.15) is 0 Å². The van der Waals surface area contributed by atoms with Gasteiger partial charge in [-0.05, 0) is 11.6 Å². The summed E-state index contributed by atoms with van der Waals surface area (Å²) in [5.41, 5.74) is 1.61. The van der Waals surface area contributed by atoms with E-state index in [9.17, 15) is 10.1 Å². The van der Waals surface area contributed by atoms with E-state index < -0.39 is 9.50 Å². The minimum absolute atomic E-state index is 0.479. The van der Waals surface area contributed by atoms with Crippen LogP contribution in [0.15, 0.2) is 39.8 Å². The molecule has 4 nitrogen and oxygen atoms in total. The number of nitrogens with zero attached hydrogens (tertiary/aromatic N) is 2. The summed E-state index contributed by atoms with van der Waals surface area (Å²) in [6.45, 7) is 0. The molecule has 1 unspecified atom stereocenters. The second-order valence-corrected chi connectivity index (χ2v) is 5.25. The molecule has 1 aromatic carbocycles. The number of halogens is 2. The van der Waals surface area contributed by atoms with Crippen molar-refractivity contribution in [3.05, 3.63) is 50.5 Å². The van der Waals surface area contributed by atoms with Crippen LogP contribution in [0.5, 0.6) is 0 Å². The highest BCUT2D eigenvalue weighted by Crippen LogP contribution is 2.34. The van der Waals surface area contributed by atoms with Gasteiger partial charge in [0.05, 0.1) is 4.92 Å². The lowest BCUT2D eigenvalue weighted by atomic mass is 10.1. The Hall–Kier alpha value is -1.01. The molecule has 0 saturated carbocycles. The zero-order valence-electron chi connectivity index (χ0n) is 7.93. The molecule has 0 amide bonds.